The number of aromatic nitrogens is 1. The van der Waals surface area contributed by atoms with Gasteiger partial charge >= 0.3 is 0 Å². The lowest BCUT2D eigenvalue weighted by molar-refractivity contribution is 0.102. The topological polar surface area (TPSA) is 71.2 Å². The van der Waals surface area contributed by atoms with Gasteiger partial charge in [0.15, 0.2) is 0 Å². The molecule has 0 atom stereocenters. The minimum absolute atomic E-state index is 0.127. The van der Waals surface area contributed by atoms with Crippen LogP contribution in [0.5, 0.6) is 0 Å². The van der Waals surface area contributed by atoms with Gasteiger partial charge in [0.1, 0.15) is 5.15 Å². The average Bonchev–Trinajstić information content (AvgIpc) is 2.43. The maximum absolute atomic E-state index is 12.2. The van der Waals surface area contributed by atoms with E-state index in [4.69, 9.17) is 17.3 Å². The number of carbonyl (C=O) groups excluding carboxylic acids is 1. The summed E-state index contributed by atoms with van der Waals surface area (Å²) in [5.41, 5.74) is 9.13. The van der Waals surface area contributed by atoms with E-state index in [2.05, 4.69) is 10.3 Å². The predicted molar refractivity (Wildman–Crippen MR) is 87.1 cm³/mol. The van der Waals surface area contributed by atoms with Gasteiger partial charge in [-0.1, -0.05) is 17.7 Å². The van der Waals surface area contributed by atoms with Crippen LogP contribution in [0.2, 0.25) is 5.15 Å². The Morgan fingerprint density at radius 3 is 2.71 bits per heavy atom. The van der Waals surface area contributed by atoms with Gasteiger partial charge < -0.3 is 16.0 Å². The van der Waals surface area contributed by atoms with Crippen LogP contribution in [0.15, 0.2) is 30.5 Å². The van der Waals surface area contributed by atoms with E-state index in [1.807, 2.05) is 44.1 Å². The molecular weight excluding hydrogens is 288 g/mol. The Kier molecular flexibility index (Phi) is 4.33. The first-order chi connectivity index (χ1) is 9.88. The fourth-order valence-corrected chi connectivity index (χ4v) is 2.18. The lowest BCUT2D eigenvalue weighted by Gasteiger charge is -2.17. The Bertz CT molecular complexity index is 685. The van der Waals surface area contributed by atoms with E-state index >= 15 is 0 Å². The van der Waals surface area contributed by atoms with Gasteiger partial charge in [-0.25, -0.2) is 4.98 Å². The molecule has 1 aromatic heterocycles. The largest absolute Gasteiger partial charge is 0.397 e. The van der Waals surface area contributed by atoms with Crippen LogP contribution in [0.3, 0.4) is 0 Å². The summed E-state index contributed by atoms with van der Waals surface area (Å²) in [5, 5.41) is 2.93. The molecular formula is C15H17ClN4O. The van der Waals surface area contributed by atoms with E-state index in [0.29, 0.717) is 11.4 Å². The molecule has 0 aliphatic rings. The number of rotatable bonds is 3. The number of anilines is 3. The molecule has 0 aliphatic heterocycles. The minimum Gasteiger partial charge on any atom is -0.397 e. The highest BCUT2D eigenvalue weighted by molar-refractivity contribution is 6.33. The summed E-state index contributed by atoms with van der Waals surface area (Å²) in [5.74, 6) is -0.339. The van der Waals surface area contributed by atoms with Crippen molar-refractivity contribution in [1.29, 1.82) is 0 Å². The number of pyridine rings is 1. The fraction of sp³-hybridized carbons (Fsp3) is 0.200. The molecule has 1 amide bonds. The molecule has 6 heteroatoms. The second kappa shape index (κ2) is 6.01. The summed E-state index contributed by atoms with van der Waals surface area (Å²) in [6, 6.07) is 7.20. The molecule has 0 saturated heterocycles. The number of halogens is 1. The molecule has 0 spiro atoms. The first-order valence-electron chi connectivity index (χ1n) is 6.39. The van der Waals surface area contributed by atoms with E-state index in [9.17, 15) is 4.79 Å². The number of nitrogens with zero attached hydrogens (tertiary/aromatic N) is 2. The number of aryl methyl sites for hydroxylation is 1. The van der Waals surface area contributed by atoms with Crippen LogP contribution < -0.4 is 16.0 Å². The second-order valence-corrected chi connectivity index (χ2v) is 5.31. The second-order valence-electron chi connectivity index (χ2n) is 4.96. The van der Waals surface area contributed by atoms with Gasteiger partial charge in [-0.2, -0.15) is 0 Å². The quantitative estimate of drug-likeness (QED) is 0.855. The highest BCUT2D eigenvalue weighted by atomic mass is 35.5. The standard InChI is InChI=1S/C15H17ClN4O/c1-9-4-5-11(7-13(9)20(2)3)19-15(21)12-6-10(17)8-18-14(12)16/h4-8H,17H2,1-3H3,(H,19,21). The third-order valence-electron chi connectivity index (χ3n) is 3.05. The molecule has 2 aromatic rings. The number of hydrogen-bond acceptors (Lipinski definition) is 4. The fourth-order valence-electron chi connectivity index (χ4n) is 1.99. The molecule has 0 bridgehead atoms. The highest BCUT2D eigenvalue weighted by Gasteiger charge is 2.13. The van der Waals surface area contributed by atoms with E-state index < -0.39 is 0 Å². The van der Waals surface area contributed by atoms with Gasteiger partial charge in [0.25, 0.3) is 5.91 Å². The number of carbonyl (C=O) groups is 1. The summed E-state index contributed by atoms with van der Waals surface area (Å²) >= 11 is 5.93. The molecule has 1 heterocycles. The van der Waals surface area contributed by atoms with E-state index in [1.165, 1.54) is 12.3 Å². The Balaban J connectivity index is 2.27. The van der Waals surface area contributed by atoms with Crippen LogP contribution in [-0.4, -0.2) is 25.0 Å². The minimum atomic E-state index is -0.339. The smallest absolute Gasteiger partial charge is 0.258 e. The summed E-state index contributed by atoms with van der Waals surface area (Å²) < 4.78 is 0. The van der Waals surface area contributed by atoms with E-state index in [1.54, 1.807) is 0 Å². The van der Waals surface area contributed by atoms with Crippen LogP contribution in [0.4, 0.5) is 17.1 Å². The Morgan fingerprint density at radius 2 is 2.05 bits per heavy atom. The first-order valence-corrected chi connectivity index (χ1v) is 6.76. The molecule has 2 rings (SSSR count). The molecule has 1 aromatic carbocycles. The van der Waals surface area contributed by atoms with Gasteiger partial charge in [0, 0.05) is 25.5 Å². The zero-order valence-electron chi connectivity index (χ0n) is 12.1. The third kappa shape index (κ3) is 3.44. The molecule has 110 valence electrons. The SMILES string of the molecule is Cc1ccc(NC(=O)c2cc(N)cnc2Cl)cc1N(C)C. The first kappa shape index (κ1) is 15.1. The lowest BCUT2D eigenvalue weighted by atomic mass is 10.1. The van der Waals surface area contributed by atoms with Gasteiger partial charge in [0.05, 0.1) is 17.4 Å². The number of amides is 1. The normalized spacial score (nSPS) is 10.3. The van der Waals surface area contributed by atoms with Crippen LogP contribution in [0.1, 0.15) is 15.9 Å². The van der Waals surface area contributed by atoms with Gasteiger partial charge in [0.2, 0.25) is 0 Å². The average molecular weight is 305 g/mol. The predicted octanol–water partition coefficient (Wildman–Crippen LogP) is 2.94. The maximum atomic E-state index is 12.2. The zero-order valence-corrected chi connectivity index (χ0v) is 12.9. The highest BCUT2D eigenvalue weighted by Crippen LogP contribution is 2.24. The number of hydrogen-bond donors (Lipinski definition) is 2. The number of nitrogens with two attached hydrogens (primary N) is 1. The molecule has 0 aliphatic carbocycles. The van der Waals surface area contributed by atoms with Crippen molar-refractivity contribution in [3.8, 4) is 0 Å². The molecule has 0 unspecified atom stereocenters. The van der Waals surface area contributed by atoms with Crippen molar-refractivity contribution >= 4 is 34.6 Å². The van der Waals surface area contributed by atoms with Crippen molar-refractivity contribution in [2.45, 2.75) is 6.92 Å². The van der Waals surface area contributed by atoms with Crippen molar-refractivity contribution in [3.05, 3.63) is 46.7 Å². The van der Waals surface area contributed by atoms with Crippen molar-refractivity contribution in [1.82, 2.24) is 4.98 Å². The van der Waals surface area contributed by atoms with E-state index in [-0.39, 0.29) is 16.6 Å². The Morgan fingerprint density at radius 1 is 1.33 bits per heavy atom. The number of nitrogens with one attached hydrogen (secondary N) is 1. The van der Waals surface area contributed by atoms with Gasteiger partial charge in [-0.3, -0.25) is 4.79 Å². The van der Waals surface area contributed by atoms with Crippen molar-refractivity contribution in [2.24, 2.45) is 0 Å². The molecule has 5 nitrogen and oxygen atoms in total. The van der Waals surface area contributed by atoms with E-state index in [0.717, 1.165) is 11.3 Å². The van der Waals surface area contributed by atoms with Crippen LogP contribution in [0, 0.1) is 6.92 Å². The van der Waals surface area contributed by atoms with Crippen molar-refractivity contribution in [3.63, 3.8) is 0 Å². The number of nitrogen functional groups attached to an aromatic ring is 1. The Hall–Kier alpha value is -2.27. The zero-order chi connectivity index (χ0) is 15.6. The van der Waals surface area contributed by atoms with Crippen LogP contribution in [0.25, 0.3) is 0 Å². The Labute approximate surface area is 128 Å². The summed E-state index contributed by atoms with van der Waals surface area (Å²) in [4.78, 5) is 18.1. The maximum Gasteiger partial charge on any atom is 0.258 e. The summed E-state index contributed by atoms with van der Waals surface area (Å²) in [6.07, 6.45) is 1.41. The van der Waals surface area contributed by atoms with Crippen LogP contribution in [-0.2, 0) is 0 Å². The monoisotopic (exact) mass is 304 g/mol. The van der Waals surface area contributed by atoms with Crippen LogP contribution >= 0.6 is 11.6 Å². The number of benzene rings is 1. The van der Waals surface area contributed by atoms with Crippen molar-refractivity contribution in [2.75, 3.05) is 30.0 Å². The molecule has 21 heavy (non-hydrogen) atoms. The molecule has 3 N–H and O–H groups in total. The third-order valence-corrected chi connectivity index (χ3v) is 3.35. The summed E-state index contributed by atoms with van der Waals surface area (Å²) in [6.45, 7) is 2.01. The van der Waals surface area contributed by atoms with Gasteiger partial charge in [-0.05, 0) is 30.7 Å². The molecule has 0 fully saturated rings. The summed E-state index contributed by atoms with van der Waals surface area (Å²) in [7, 11) is 3.90. The molecule has 0 saturated carbocycles. The van der Waals surface area contributed by atoms with Crippen molar-refractivity contribution < 1.29 is 4.79 Å². The molecule has 0 radical (unpaired) electrons. The lowest BCUT2D eigenvalue weighted by Crippen LogP contribution is -2.15. The van der Waals surface area contributed by atoms with Gasteiger partial charge in [-0.15, -0.1) is 0 Å².